The van der Waals surface area contributed by atoms with Gasteiger partial charge in [-0.15, -0.1) is 0 Å². The molecule has 5 nitrogen and oxygen atoms in total. The van der Waals surface area contributed by atoms with Crippen LogP contribution < -0.4 is 10.6 Å². The van der Waals surface area contributed by atoms with Crippen LogP contribution in [0.15, 0.2) is 23.4 Å². The molecule has 0 aliphatic heterocycles. The van der Waals surface area contributed by atoms with Gasteiger partial charge in [-0.3, -0.25) is 0 Å². The number of anilines is 1. The summed E-state index contributed by atoms with van der Waals surface area (Å²) in [5.74, 6) is -0.581. The molecular formula is C13H18F3N3O2. The number of alkyl halides is 3. The van der Waals surface area contributed by atoms with Crippen molar-refractivity contribution < 1.29 is 23.1 Å². The summed E-state index contributed by atoms with van der Waals surface area (Å²) >= 11 is 0. The van der Waals surface area contributed by atoms with Crippen LogP contribution in [0.1, 0.15) is 18.1 Å². The zero-order valence-corrected chi connectivity index (χ0v) is 11.8. The molecule has 1 rings (SSSR count). The van der Waals surface area contributed by atoms with Crippen LogP contribution in [-0.4, -0.2) is 37.8 Å². The van der Waals surface area contributed by atoms with Crippen LogP contribution >= 0.6 is 0 Å². The fourth-order valence-electron chi connectivity index (χ4n) is 1.76. The third kappa shape index (κ3) is 4.52. The summed E-state index contributed by atoms with van der Waals surface area (Å²) in [4.78, 5) is 1.73. The molecular weight excluding hydrogens is 287 g/mol. The summed E-state index contributed by atoms with van der Waals surface area (Å²) in [6, 6.07) is 3.49. The van der Waals surface area contributed by atoms with E-state index in [2.05, 4.69) is 5.16 Å². The molecule has 1 aromatic carbocycles. The molecule has 0 saturated heterocycles. The van der Waals surface area contributed by atoms with Gasteiger partial charge < -0.3 is 20.6 Å². The Morgan fingerprint density at radius 2 is 2.10 bits per heavy atom. The second kappa shape index (κ2) is 7.16. The van der Waals surface area contributed by atoms with E-state index in [9.17, 15) is 13.2 Å². The molecule has 0 amide bonds. The number of oxime groups is 1. The van der Waals surface area contributed by atoms with E-state index in [4.69, 9.17) is 15.7 Å². The van der Waals surface area contributed by atoms with Crippen molar-refractivity contribution in [2.24, 2.45) is 10.9 Å². The van der Waals surface area contributed by atoms with Crippen molar-refractivity contribution >= 4 is 11.5 Å². The minimum Gasteiger partial charge on any atom is -0.409 e. The van der Waals surface area contributed by atoms with Crippen LogP contribution in [0, 0.1) is 0 Å². The monoisotopic (exact) mass is 305 g/mol. The van der Waals surface area contributed by atoms with Gasteiger partial charge in [0, 0.05) is 31.5 Å². The van der Waals surface area contributed by atoms with Crippen LogP contribution in [0.25, 0.3) is 0 Å². The summed E-state index contributed by atoms with van der Waals surface area (Å²) in [5, 5.41) is 11.3. The summed E-state index contributed by atoms with van der Waals surface area (Å²) < 4.78 is 43.9. The normalized spacial score (nSPS) is 12.5. The Bertz CT molecular complexity index is 504. The highest BCUT2D eigenvalue weighted by Gasteiger charge is 2.34. The Balaban J connectivity index is 3.10. The van der Waals surface area contributed by atoms with Crippen molar-refractivity contribution in [3.63, 3.8) is 0 Å². The fourth-order valence-corrected chi connectivity index (χ4v) is 1.76. The largest absolute Gasteiger partial charge is 0.417 e. The molecule has 0 saturated carbocycles. The minimum absolute atomic E-state index is 0.356. The zero-order chi connectivity index (χ0) is 16.0. The molecule has 1 aromatic rings. The number of nitrogens with zero attached hydrogens (tertiary/aromatic N) is 2. The number of nitrogens with two attached hydrogens (primary N) is 1. The van der Waals surface area contributed by atoms with E-state index < -0.39 is 17.6 Å². The Morgan fingerprint density at radius 1 is 1.43 bits per heavy atom. The van der Waals surface area contributed by atoms with Crippen molar-refractivity contribution in [1.82, 2.24) is 0 Å². The van der Waals surface area contributed by atoms with Crippen LogP contribution in [0.5, 0.6) is 0 Å². The molecule has 0 radical (unpaired) electrons. The Labute approximate surface area is 120 Å². The second-order valence-electron chi connectivity index (χ2n) is 4.33. The maximum absolute atomic E-state index is 12.9. The lowest BCUT2D eigenvalue weighted by Crippen LogP contribution is -2.25. The second-order valence-corrected chi connectivity index (χ2v) is 4.33. The third-order valence-corrected chi connectivity index (χ3v) is 2.91. The van der Waals surface area contributed by atoms with Crippen molar-refractivity contribution in [2.75, 3.05) is 31.7 Å². The molecule has 0 spiro atoms. The van der Waals surface area contributed by atoms with E-state index in [0.717, 1.165) is 6.07 Å². The number of hydrogen-bond donors (Lipinski definition) is 2. The zero-order valence-electron chi connectivity index (χ0n) is 11.8. The van der Waals surface area contributed by atoms with E-state index in [1.807, 2.05) is 6.92 Å². The number of ether oxygens (including phenoxy) is 1. The molecule has 0 unspecified atom stereocenters. The lowest BCUT2D eigenvalue weighted by Gasteiger charge is -2.21. The van der Waals surface area contributed by atoms with Crippen LogP contribution in [0.4, 0.5) is 18.9 Å². The summed E-state index contributed by atoms with van der Waals surface area (Å²) in [6.07, 6.45) is -4.58. The number of benzene rings is 1. The molecule has 118 valence electrons. The van der Waals surface area contributed by atoms with Crippen molar-refractivity contribution in [1.29, 1.82) is 0 Å². The van der Waals surface area contributed by atoms with Gasteiger partial charge in [0.1, 0.15) is 0 Å². The Morgan fingerprint density at radius 3 is 2.62 bits per heavy atom. The highest BCUT2D eigenvalue weighted by Crippen LogP contribution is 2.33. The number of amidine groups is 1. The summed E-state index contributed by atoms with van der Waals surface area (Å²) in [6.45, 7) is 3.38. The van der Waals surface area contributed by atoms with E-state index in [1.165, 1.54) is 12.1 Å². The number of likely N-dealkylation sites (N-methyl/N-ethyl adjacent to an activating group) is 1. The summed E-state index contributed by atoms with van der Waals surface area (Å²) in [7, 11) is 1.72. The lowest BCUT2D eigenvalue weighted by molar-refractivity contribution is -0.137. The predicted octanol–water partition coefficient (Wildman–Crippen LogP) is 2.27. The quantitative estimate of drug-likeness (QED) is 0.278. The fraction of sp³-hybridized carbons (Fsp3) is 0.462. The van der Waals surface area contributed by atoms with Gasteiger partial charge in [-0.1, -0.05) is 5.16 Å². The molecule has 3 N–H and O–H groups in total. The molecule has 0 fully saturated rings. The van der Waals surface area contributed by atoms with Gasteiger partial charge in [0.2, 0.25) is 0 Å². The molecule has 0 bridgehead atoms. The SMILES string of the molecule is CCOCCN(C)c1ccc(C(F)(F)F)c(/C(N)=N/O)c1. The van der Waals surface area contributed by atoms with Gasteiger partial charge in [-0.25, -0.2) is 0 Å². The molecule has 8 heteroatoms. The highest BCUT2D eigenvalue weighted by atomic mass is 19.4. The van der Waals surface area contributed by atoms with Gasteiger partial charge >= 0.3 is 6.18 Å². The van der Waals surface area contributed by atoms with Crippen molar-refractivity contribution in [3.8, 4) is 0 Å². The van der Waals surface area contributed by atoms with Crippen molar-refractivity contribution in [2.45, 2.75) is 13.1 Å². The standard InChI is InChI=1S/C13H18F3N3O2/c1-3-21-7-6-19(2)9-4-5-11(13(14,15)16)10(8-9)12(17)18-20/h4-5,8,20H,3,6-7H2,1-2H3,(H2,17,18). The molecule has 0 aliphatic rings. The lowest BCUT2D eigenvalue weighted by atomic mass is 10.0. The molecule has 0 atom stereocenters. The van der Waals surface area contributed by atoms with E-state index in [-0.39, 0.29) is 5.56 Å². The number of hydrogen-bond acceptors (Lipinski definition) is 4. The van der Waals surface area contributed by atoms with Crippen molar-refractivity contribution in [3.05, 3.63) is 29.3 Å². The first kappa shape index (κ1) is 17.1. The van der Waals surface area contributed by atoms with Crippen LogP contribution in [0.3, 0.4) is 0 Å². The van der Waals surface area contributed by atoms with E-state index >= 15 is 0 Å². The number of rotatable bonds is 6. The van der Waals surface area contributed by atoms with E-state index in [0.29, 0.717) is 25.4 Å². The van der Waals surface area contributed by atoms with Crippen LogP contribution in [-0.2, 0) is 10.9 Å². The predicted molar refractivity (Wildman–Crippen MR) is 73.7 cm³/mol. The van der Waals surface area contributed by atoms with E-state index in [1.54, 1.807) is 11.9 Å². The smallest absolute Gasteiger partial charge is 0.409 e. The Kier molecular flexibility index (Phi) is 5.83. The first-order valence-corrected chi connectivity index (χ1v) is 6.29. The first-order valence-electron chi connectivity index (χ1n) is 6.29. The summed E-state index contributed by atoms with van der Waals surface area (Å²) in [5.41, 5.74) is 4.56. The van der Waals surface area contributed by atoms with Gasteiger partial charge in [0.05, 0.1) is 12.2 Å². The van der Waals surface area contributed by atoms with Gasteiger partial charge in [-0.05, 0) is 25.1 Å². The average Bonchev–Trinajstić information content (AvgIpc) is 2.45. The van der Waals surface area contributed by atoms with Gasteiger partial charge in [-0.2, -0.15) is 13.2 Å². The minimum atomic E-state index is -4.58. The molecule has 0 heterocycles. The topological polar surface area (TPSA) is 71.1 Å². The molecule has 0 aromatic heterocycles. The maximum atomic E-state index is 12.9. The Hall–Kier alpha value is -1.96. The average molecular weight is 305 g/mol. The molecule has 21 heavy (non-hydrogen) atoms. The van der Waals surface area contributed by atoms with Crippen LogP contribution in [0.2, 0.25) is 0 Å². The van der Waals surface area contributed by atoms with Gasteiger partial charge in [0.15, 0.2) is 5.84 Å². The molecule has 0 aliphatic carbocycles. The number of halogens is 3. The van der Waals surface area contributed by atoms with Gasteiger partial charge in [0.25, 0.3) is 0 Å². The maximum Gasteiger partial charge on any atom is 0.417 e. The highest BCUT2D eigenvalue weighted by molar-refractivity contribution is 5.99. The third-order valence-electron chi connectivity index (χ3n) is 2.91. The first-order chi connectivity index (χ1) is 9.81.